The van der Waals surface area contributed by atoms with Crippen LogP contribution in [0.4, 0.5) is 15.8 Å². The molecule has 0 spiro atoms. The quantitative estimate of drug-likeness (QED) is 0.809. The van der Waals surface area contributed by atoms with Crippen molar-refractivity contribution in [3.8, 4) is 0 Å². The van der Waals surface area contributed by atoms with Gasteiger partial charge in [-0.15, -0.1) is 0 Å². The van der Waals surface area contributed by atoms with Crippen LogP contribution in [0.1, 0.15) is 48.3 Å². The molecule has 5 nitrogen and oxygen atoms in total. The van der Waals surface area contributed by atoms with Gasteiger partial charge >= 0.3 is 0 Å². The molecule has 3 aliphatic heterocycles. The fourth-order valence-electron chi connectivity index (χ4n) is 5.22. The third-order valence-electron chi connectivity index (χ3n) is 6.86. The number of nitrogens with zero attached hydrogens (tertiary/aromatic N) is 1. The van der Waals surface area contributed by atoms with Gasteiger partial charge < -0.3 is 15.5 Å². The molecule has 0 radical (unpaired) electrons. The first-order chi connectivity index (χ1) is 14.5. The number of amides is 2. The fraction of sp³-hybridized carbons (Fsp3) is 0.417. The molecule has 2 N–H and O–H groups in total. The van der Waals surface area contributed by atoms with Gasteiger partial charge in [0.15, 0.2) is 0 Å². The number of anilines is 2. The van der Waals surface area contributed by atoms with Crippen LogP contribution in [0.15, 0.2) is 36.4 Å². The number of piperidine rings is 1. The van der Waals surface area contributed by atoms with Crippen molar-refractivity contribution >= 4 is 23.2 Å². The largest absolute Gasteiger partial charge is 0.373 e. The van der Waals surface area contributed by atoms with Crippen LogP contribution in [0.3, 0.4) is 0 Å². The van der Waals surface area contributed by atoms with Gasteiger partial charge in [0.1, 0.15) is 11.9 Å². The summed E-state index contributed by atoms with van der Waals surface area (Å²) in [4.78, 5) is 26.8. The van der Waals surface area contributed by atoms with E-state index in [1.807, 2.05) is 30.0 Å². The Morgan fingerprint density at radius 1 is 1.23 bits per heavy atom. The van der Waals surface area contributed by atoms with Gasteiger partial charge in [0.2, 0.25) is 11.8 Å². The molecule has 1 unspecified atom stereocenters. The third-order valence-corrected chi connectivity index (χ3v) is 6.86. The van der Waals surface area contributed by atoms with Crippen molar-refractivity contribution < 1.29 is 14.0 Å². The number of aryl methyl sites for hydroxylation is 1. The highest BCUT2D eigenvalue weighted by molar-refractivity contribution is 5.98. The molecule has 2 aromatic rings. The first-order valence-electron chi connectivity index (χ1n) is 10.7. The zero-order valence-corrected chi connectivity index (χ0v) is 17.1. The Labute approximate surface area is 175 Å². The van der Waals surface area contributed by atoms with Gasteiger partial charge in [-0.2, -0.15) is 0 Å². The Morgan fingerprint density at radius 3 is 2.93 bits per heavy atom. The summed E-state index contributed by atoms with van der Waals surface area (Å²) in [6.07, 6.45) is 3.92. The van der Waals surface area contributed by atoms with Crippen molar-refractivity contribution in [3.05, 3.63) is 58.9 Å². The zero-order chi connectivity index (χ0) is 20.8. The number of halogens is 1. The summed E-state index contributed by atoms with van der Waals surface area (Å²) in [6, 6.07) is 11.1. The highest BCUT2D eigenvalue weighted by Crippen LogP contribution is 2.37. The predicted octanol–water partition coefficient (Wildman–Crippen LogP) is 3.98. The lowest BCUT2D eigenvalue weighted by molar-refractivity contribution is -0.130. The maximum absolute atomic E-state index is 14.1. The first-order valence-corrected chi connectivity index (χ1v) is 10.7. The van der Waals surface area contributed by atoms with Gasteiger partial charge in [-0.25, -0.2) is 4.39 Å². The summed E-state index contributed by atoms with van der Waals surface area (Å²) in [7, 11) is 0. The van der Waals surface area contributed by atoms with Crippen molar-refractivity contribution in [3.63, 3.8) is 0 Å². The number of carbonyl (C=O) groups is 2. The monoisotopic (exact) mass is 407 g/mol. The molecule has 0 saturated carbocycles. The van der Waals surface area contributed by atoms with Gasteiger partial charge in [0.05, 0.1) is 0 Å². The van der Waals surface area contributed by atoms with Crippen molar-refractivity contribution in [2.45, 2.75) is 57.0 Å². The first kappa shape index (κ1) is 19.1. The van der Waals surface area contributed by atoms with E-state index in [1.54, 1.807) is 6.07 Å². The molecule has 5 rings (SSSR count). The molecule has 3 atom stereocenters. The minimum atomic E-state index is -0.480. The second-order valence-corrected chi connectivity index (χ2v) is 8.73. The molecule has 3 aliphatic rings. The second-order valence-electron chi connectivity index (χ2n) is 8.73. The van der Waals surface area contributed by atoms with E-state index in [9.17, 15) is 14.0 Å². The molecule has 3 heterocycles. The smallest absolute Gasteiger partial charge is 0.247 e. The van der Waals surface area contributed by atoms with E-state index in [2.05, 4.69) is 16.7 Å². The second kappa shape index (κ2) is 7.42. The number of hydrogen-bond acceptors (Lipinski definition) is 3. The molecule has 2 aromatic carbocycles. The summed E-state index contributed by atoms with van der Waals surface area (Å²) >= 11 is 0. The van der Waals surface area contributed by atoms with Crippen LogP contribution in [-0.2, 0) is 16.0 Å². The van der Waals surface area contributed by atoms with Gasteiger partial charge in [0, 0.05) is 42.4 Å². The summed E-state index contributed by atoms with van der Waals surface area (Å²) in [5, 5.41) is 6.18. The molecule has 156 valence electrons. The van der Waals surface area contributed by atoms with Crippen LogP contribution in [0, 0.1) is 12.7 Å². The van der Waals surface area contributed by atoms with E-state index in [1.165, 1.54) is 11.6 Å². The van der Waals surface area contributed by atoms with Crippen LogP contribution in [0.25, 0.3) is 0 Å². The number of fused-ring (bicyclic) bond motifs is 2. The number of benzene rings is 2. The van der Waals surface area contributed by atoms with Gasteiger partial charge in [-0.05, 0) is 61.4 Å². The molecule has 2 saturated heterocycles. The summed E-state index contributed by atoms with van der Waals surface area (Å²) in [6.45, 7) is 2.73. The minimum Gasteiger partial charge on any atom is -0.373 e. The van der Waals surface area contributed by atoms with Gasteiger partial charge in [0.25, 0.3) is 0 Å². The zero-order valence-electron chi connectivity index (χ0n) is 17.1. The normalized spacial score (nSPS) is 24.9. The molecule has 2 fully saturated rings. The van der Waals surface area contributed by atoms with Crippen LogP contribution < -0.4 is 10.6 Å². The number of hydrogen-bond donors (Lipinski definition) is 2. The van der Waals surface area contributed by atoms with Crippen LogP contribution in [-0.4, -0.2) is 35.3 Å². The molecule has 0 bridgehead atoms. The van der Waals surface area contributed by atoms with E-state index < -0.39 is 6.04 Å². The fourth-order valence-corrected chi connectivity index (χ4v) is 5.22. The molecule has 2 amide bonds. The standard InChI is InChI=1S/C24H26FN3O2/c1-14-5-7-20(25)19-13-21(27-23(14)19)24(30)26-17-4-2-3-15(11-17)16-9-10-28-18(12-16)6-8-22(28)29/h2-5,7,11,16,18,21,27H,6,8-10,12-13H2,1H3,(H,26,30)/t16-,18+,21?/m0/s1. The van der Waals surface area contributed by atoms with E-state index in [0.717, 1.165) is 42.7 Å². The van der Waals surface area contributed by atoms with Crippen molar-refractivity contribution in [2.24, 2.45) is 0 Å². The lowest BCUT2D eigenvalue weighted by atomic mass is 9.85. The minimum absolute atomic E-state index is 0.154. The highest BCUT2D eigenvalue weighted by atomic mass is 19.1. The van der Waals surface area contributed by atoms with Crippen molar-refractivity contribution in [2.75, 3.05) is 17.2 Å². The average molecular weight is 407 g/mol. The maximum atomic E-state index is 14.1. The summed E-state index contributed by atoms with van der Waals surface area (Å²) < 4.78 is 14.1. The topological polar surface area (TPSA) is 61.4 Å². The average Bonchev–Trinajstić information content (AvgIpc) is 3.36. The molecular formula is C24H26FN3O2. The van der Waals surface area contributed by atoms with E-state index >= 15 is 0 Å². The molecule has 30 heavy (non-hydrogen) atoms. The van der Waals surface area contributed by atoms with E-state index in [-0.39, 0.29) is 17.6 Å². The summed E-state index contributed by atoms with van der Waals surface area (Å²) in [5.41, 5.74) is 4.23. The number of nitrogens with one attached hydrogen (secondary N) is 2. The van der Waals surface area contributed by atoms with E-state index in [0.29, 0.717) is 30.4 Å². The lowest BCUT2D eigenvalue weighted by Crippen LogP contribution is -2.39. The number of rotatable bonds is 3. The van der Waals surface area contributed by atoms with Gasteiger partial charge in [-0.1, -0.05) is 18.2 Å². The third kappa shape index (κ3) is 3.34. The Kier molecular flexibility index (Phi) is 4.72. The summed E-state index contributed by atoms with van der Waals surface area (Å²) in [5.74, 6) is 0.270. The Hall–Kier alpha value is -2.89. The molecular weight excluding hydrogens is 381 g/mol. The molecule has 0 aromatic heterocycles. The van der Waals surface area contributed by atoms with Crippen LogP contribution >= 0.6 is 0 Å². The molecule has 6 heteroatoms. The Bertz CT molecular complexity index is 991. The Morgan fingerprint density at radius 2 is 2.10 bits per heavy atom. The van der Waals surface area contributed by atoms with Crippen molar-refractivity contribution in [1.29, 1.82) is 0 Å². The van der Waals surface area contributed by atoms with Crippen LogP contribution in [0.2, 0.25) is 0 Å². The maximum Gasteiger partial charge on any atom is 0.247 e. The highest BCUT2D eigenvalue weighted by Gasteiger charge is 2.36. The molecule has 0 aliphatic carbocycles. The predicted molar refractivity (Wildman–Crippen MR) is 114 cm³/mol. The SMILES string of the molecule is Cc1ccc(F)c2c1NC(C(=O)Nc1cccc([C@H]3CCN4C(=O)CC[C@@H]4C3)c1)C2. The van der Waals surface area contributed by atoms with Crippen LogP contribution in [0.5, 0.6) is 0 Å². The van der Waals surface area contributed by atoms with E-state index in [4.69, 9.17) is 0 Å². The Balaban J connectivity index is 1.27. The lowest BCUT2D eigenvalue weighted by Gasteiger charge is -2.35. The van der Waals surface area contributed by atoms with Crippen molar-refractivity contribution in [1.82, 2.24) is 4.90 Å². The van der Waals surface area contributed by atoms with Gasteiger partial charge in [-0.3, -0.25) is 9.59 Å². The number of carbonyl (C=O) groups excluding carboxylic acids is 2.